The fraction of sp³-hybridized carbons (Fsp3) is 0.312. The third-order valence-corrected chi connectivity index (χ3v) is 4.37. The number of hydrogen-bond donors (Lipinski definition) is 3. The molecule has 1 fully saturated rings. The van der Waals surface area contributed by atoms with Crippen LogP contribution in [0.25, 0.3) is 0 Å². The number of hydrogen-bond acceptors (Lipinski definition) is 4. The summed E-state index contributed by atoms with van der Waals surface area (Å²) in [7, 11) is 0. The van der Waals surface area contributed by atoms with Gasteiger partial charge in [0.15, 0.2) is 0 Å². The van der Waals surface area contributed by atoms with Crippen LogP contribution in [0.3, 0.4) is 0 Å². The van der Waals surface area contributed by atoms with Gasteiger partial charge in [0.2, 0.25) is 0 Å². The van der Waals surface area contributed by atoms with Gasteiger partial charge in [0.1, 0.15) is 18.2 Å². The Balaban J connectivity index is 1.58. The lowest BCUT2D eigenvalue weighted by molar-refractivity contribution is 0.277. The average molecular weight is 301 g/mol. The Morgan fingerprint density at radius 3 is 3.10 bits per heavy atom. The summed E-state index contributed by atoms with van der Waals surface area (Å²) < 4.78 is 5.83. The molecule has 0 radical (unpaired) electrons. The number of benzene rings is 1. The van der Waals surface area contributed by atoms with Gasteiger partial charge >= 0.3 is 0 Å². The third kappa shape index (κ3) is 3.83. The molecule has 1 aliphatic rings. The number of rotatable bonds is 5. The first-order valence-electron chi connectivity index (χ1n) is 7.17. The predicted molar refractivity (Wildman–Crippen MR) is 87.7 cm³/mol. The van der Waals surface area contributed by atoms with Gasteiger partial charge < -0.3 is 15.4 Å². The molecule has 1 aromatic carbocycles. The van der Waals surface area contributed by atoms with Crippen LogP contribution in [0.2, 0.25) is 0 Å². The van der Waals surface area contributed by atoms with Crippen LogP contribution in [0, 0.1) is 5.41 Å². The van der Waals surface area contributed by atoms with Crippen molar-refractivity contribution in [3.8, 4) is 5.75 Å². The first-order valence-corrected chi connectivity index (χ1v) is 8.05. The summed E-state index contributed by atoms with van der Waals surface area (Å²) in [5, 5.41) is 16.5. The molecular formula is C16H19N3OS. The highest BCUT2D eigenvalue weighted by molar-refractivity contribution is 7.12. The highest BCUT2D eigenvalue weighted by Gasteiger charge is 2.14. The van der Waals surface area contributed by atoms with E-state index in [-0.39, 0.29) is 0 Å². The molecule has 1 atom stereocenters. The Morgan fingerprint density at radius 1 is 1.38 bits per heavy atom. The predicted octanol–water partition coefficient (Wildman–Crippen LogP) is 3.32. The van der Waals surface area contributed by atoms with E-state index in [2.05, 4.69) is 10.6 Å². The molecule has 3 N–H and O–H groups in total. The van der Waals surface area contributed by atoms with Gasteiger partial charge in [0.05, 0.1) is 4.88 Å². The van der Waals surface area contributed by atoms with Crippen LogP contribution in [-0.2, 0) is 0 Å². The molecule has 2 heterocycles. The molecule has 1 aromatic heterocycles. The molecule has 0 aliphatic carbocycles. The van der Waals surface area contributed by atoms with E-state index in [0.717, 1.165) is 22.9 Å². The summed E-state index contributed by atoms with van der Waals surface area (Å²) in [6.45, 7) is 1.79. The normalized spacial score (nSPS) is 17.6. The lowest BCUT2D eigenvalue weighted by Gasteiger charge is -2.13. The molecule has 21 heavy (non-hydrogen) atoms. The SMILES string of the molecule is N=C(Nc1cccc(OC[C@@H]2CCCN2)c1)c1cccs1. The van der Waals surface area contributed by atoms with Gasteiger partial charge in [0, 0.05) is 17.8 Å². The second-order valence-electron chi connectivity index (χ2n) is 5.11. The number of nitrogens with one attached hydrogen (secondary N) is 3. The van der Waals surface area contributed by atoms with Crippen molar-refractivity contribution in [2.24, 2.45) is 0 Å². The fourth-order valence-corrected chi connectivity index (χ4v) is 3.02. The third-order valence-electron chi connectivity index (χ3n) is 3.48. The van der Waals surface area contributed by atoms with Crippen molar-refractivity contribution in [3.05, 3.63) is 46.7 Å². The quantitative estimate of drug-likeness (QED) is 0.586. The van der Waals surface area contributed by atoms with E-state index in [9.17, 15) is 0 Å². The van der Waals surface area contributed by atoms with E-state index in [0.29, 0.717) is 18.5 Å². The molecule has 0 bridgehead atoms. The lowest BCUT2D eigenvalue weighted by Crippen LogP contribution is -2.28. The molecule has 0 amide bonds. The second kappa shape index (κ2) is 6.74. The second-order valence-corrected chi connectivity index (χ2v) is 6.06. The van der Waals surface area contributed by atoms with Crippen LogP contribution >= 0.6 is 11.3 Å². The molecule has 4 nitrogen and oxygen atoms in total. The highest BCUT2D eigenvalue weighted by Crippen LogP contribution is 2.20. The van der Waals surface area contributed by atoms with E-state index in [1.54, 1.807) is 11.3 Å². The molecule has 1 aliphatic heterocycles. The van der Waals surface area contributed by atoms with Gasteiger partial charge in [-0.05, 0) is 43.0 Å². The number of ether oxygens (including phenoxy) is 1. The van der Waals surface area contributed by atoms with Gasteiger partial charge in [-0.3, -0.25) is 5.41 Å². The summed E-state index contributed by atoms with van der Waals surface area (Å²) in [6, 6.07) is 12.1. The number of amidine groups is 1. The van der Waals surface area contributed by atoms with Crippen molar-refractivity contribution < 1.29 is 4.74 Å². The van der Waals surface area contributed by atoms with Crippen LogP contribution in [0.15, 0.2) is 41.8 Å². The summed E-state index contributed by atoms with van der Waals surface area (Å²) in [6.07, 6.45) is 2.41. The van der Waals surface area contributed by atoms with E-state index >= 15 is 0 Å². The maximum Gasteiger partial charge on any atom is 0.140 e. The van der Waals surface area contributed by atoms with Gasteiger partial charge in [-0.1, -0.05) is 12.1 Å². The Bertz CT molecular complexity index is 591. The maximum atomic E-state index is 8.04. The number of anilines is 1. The zero-order chi connectivity index (χ0) is 14.5. The molecule has 5 heteroatoms. The van der Waals surface area contributed by atoms with Crippen LogP contribution in [0.5, 0.6) is 5.75 Å². The molecule has 0 unspecified atom stereocenters. The number of thiophene rings is 1. The molecular weight excluding hydrogens is 282 g/mol. The Morgan fingerprint density at radius 2 is 2.33 bits per heavy atom. The van der Waals surface area contributed by atoms with Crippen molar-refractivity contribution in [1.82, 2.24) is 5.32 Å². The first-order chi connectivity index (χ1) is 10.3. The van der Waals surface area contributed by atoms with Crippen LogP contribution in [-0.4, -0.2) is 25.0 Å². The molecule has 0 spiro atoms. The smallest absolute Gasteiger partial charge is 0.140 e. The fourth-order valence-electron chi connectivity index (χ4n) is 2.39. The highest BCUT2D eigenvalue weighted by atomic mass is 32.1. The maximum absolute atomic E-state index is 8.04. The van der Waals surface area contributed by atoms with Crippen molar-refractivity contribution in [1.29, 1.82) is 5.41 Å². The van der Waals surface area contributed by atoms with Crippen molar-refractivity contribution in [3.63, 3.8) is 0 Å². The molecule has 2 aromatic rings. The summed E-state index contributed by atoms with van der Waals surface area (Å²) >= 11 is 1.55. The van der Waals surface area contributed by atoms with Crippen molar-refractivity contribution in [2.45, 2.75) is 18.9 Å². The van der Waals surface area contributed by atoms with Crippen LogP contribution in [0.1, 0.15) is 17.7 Å². The van der Waals surface area contributed by atoms with Crippen molar-refractivity contribution in [2.75, 3.05) is 18.5 Å². The van der Waals surface area contributed by atoms with Gasteiger partial charge in [-0.15, -0.1) is 11.3 Å². The zero-order valence-corrected chi connectivity index (χ0v) is 12.6. The summed E-state index contributed by atoms with van der Waals surface area (Å²) in [5.41, 5.74) is 0.880. The summed E-state index contributed by atoms with van der Waals surface area (Å²) in [4.78, 5) is 0.927. The first kappa shape index (κ1) is 14.1. The lowest BCUT2D eigenvalue weighted by atomic mass is 10.2. The Kier molecular flexibility index (Phi) is 4.52. The van der Waals surface area contributed by atoms with E-state index < -0.39 is 0 Å². The topological polar surface area (TPSA) is 57.1 Å². The van der Waals surface area contributed by atoms with Gasteiger partial charge in [-0.2, -0.15) is 0 Å². The molecule has 1 saturated heterocycles. The van der Waals surface area contributed by atoms with Crippen molar-refractivity contribution >= 4 is 22.9 Å². The molecule has 3 rings (SSSR count). The molecule has 0 saturated carbocycles. The average Bonchev–Trinajstić information content (AvgIpc) is 3.19. The Hall–Kier alpha value is -1.85. The van der Waals surface area contributed by atoms with E-state index in [1.807, 2.05) is 41.8 Å². The van der Waals surface area contributed by atoms with Crippen LogP contribution < -0.4 is 15.4 Å². The standard InChI is InChI=1S/C16H19N3OS/c17-16(15-7-3-9-21-15)19-12-4-1-6-14(10-12)20-11-13-5-2-8-18-13/h1,3-4,6-7,9-10,13,18H,2,5,8,11H2,(H2,17,19)/t13-/m0/s1. The van der Waals surface area contributed by atoms with E-state index in [1.165, 1.54) is 12.8 Å². The van der Waals surface area contributed by atoms with Gasteiger partial charge in [0.25, 0.3) is 0 Å². The van der Waals surface area contributed by atoms with Crippen LogP contribution in [0.4, 0.5) is 5.69 Å². The summed E-state index contributed by atoms with van der Waals surface area (Å²) in [5.74, 6) is 1.26. The minimum Gasteiger partial charge on any atom is -0.492 e. The minimum atomic E-state index is 0.416. The molecule has 110 valence electrons. The largest absolute Gasteiger partial charge is 0.492 e. The monoisotopic (exact) mass is 301 g/mol. The minimum absolute atomic E-state index is 0.416. The van der Waals surface area contributed by atoms with Gasteiger partial charge in [-0.25, -0.2) is 0 Å². The van der Waals surface area contributed by atoms with E-state index in [4.69, 9.17) is 10.1 Å². The Labute approximate surface area is 128 Å². The zero-order valence-electron chi connectivity index (χ0n) is 11.8.